The second-order valence-electron chi connectivity index (χ2n) is 6.04. The van der Waals surface area contributed by atoms with Gasteiger partial charge in [0.05, 0.1) is 0 Å². The Morgan fingerprint density at radius 3 is 1.20 bits per heavy atom. The summed E-state index contributed by atoms with van der Waals surface area (Å²) in [5, 5.41) is 0.331. The minimum Gasteiger partial charge on any atom is -0.164 e. The Kier molecular flexibility index (Phi) is 5.12. The van der Waals surface area contributed by atoms with Crippen molar-refractivity contribution in [2.75, 3.05) is 13.1 Å². The van der Waals surface area contributed by atoms with Gasteiger partial charge in [0.2, 0.25) is 0 Å². The molecule has 3 heteroatoms. The quantitative estimate of drug-likeness (QED) is 0.638. The third-order valence-corrected chi connectivity index (χ3v) is 11.5. The van der Waals surface area contributed by atoms with Crippen molar-refractivity contribution >= 4 is 18.0 Å². The van der Waals surface area contributed by atoms with Crippen LogP contribution in [0.15, 0.2) is 0 Å². The Morgan fingerprint density at radius 2 is 1.13 bits per heavy atom. The molecule has 0 saturated heterocycles. The van der Waals surface area contributed by atoms with Crippen LogP contribution in [0.3, 0.4) is 0 Å². The summed E-state index contributed by atoms with van der Waals surface area (Å²) in [4.78, 5) is 0. The average molecular weight is 253 g/mol. The molecule has 0 bridgehead atoms. The first-order chi connectivity index (χ1) is 6.52. The summed E-state index contributed by atoms with van der Waals surface area (Å²) in [5.41, 5.74) is 0. The first kappa shape index (κ1) is 15.7. The summed E-state index contributed by atoms with van der Waals surface area (Å²) in [6.45, 7) is 18.5. The highest BCUT2D eigenvalue weighted by atomic mass is 35.7. The van der Waals surface area contributed by atoms with Gasteiger partial charge in [0.1, 0.15) is 21.6 Å². The molecule has 0 aromatic carbocycles. The molecule has 0 atom stereocenters. The zero-order chi connectivity index (χ0) is 12.5. The smallest absolute Gasteiger partial charge is 0.164 e. The Labute approximate surface area is 102 Å². The van der Waals surface area contributed by atoms with Gasteiger partial charge in [-0.05, 0) is 55.4 Å². The molecule has 0 heterocycles. The van der Waals surface area contributed by atoms with E-state index >= 15 is 0 Å². The molecule has 1 nitrogen and oxygen atoms in total. The molecule has 92 valence electrons. The number of hydrogen-bond donors (Lipinski definition) is 0. The highest BCUT2D eigenvalue weighted by Gasteiger charge is 2.61. The van der Waals surface area contributed by atoms with Crippen molar-refractivity contribution in [2.45, 2.75) is 65.7 Å². The van der Waals surface area contributed by atoms with Crippen LogP contribution in [0, 0.1) is 0 Å². The van der Waals surface area contributed by atoms with Gasteiger partial charge in [-0.25, -0.2) is 0 Å². The molecule has 0 amide bonds. The molecule has 0 unspecified atom stereocenters. The molecular formula is C12H28ClNP+. The SMILES string of the molecule is CCN(CC)[P+](Cl)(C(C)(C)C)C(C)(C)C. The molecule has 0 aromatic heterocycles. The molecule has 0 aliphatic rings. The van der Waals surface area contributed by atoms with Gasteiger partial charge in [-0.15, -0.1) is 0 Å². The van der Waals surface area contributed by atoms with Crippen LogP contribution in [-0.2, 0) is 0 Å². The van der Waals surface area contributed by atoms with E-state index < -0.39 is 6.77 Å². The lowest BCUT2D eigenvalue weighted by Gasteiger charge is -2.46. The molecule has 0 fully saturated rings. The van der Waals surface area contributed by atoms with Crippen LogP contribution in [0.2, 0.25) is 0 Å². The van der Waals surface area contributed by atoms with Crippen LogP contribution < -0.4 is 0 Å². The summed E-state index contributed by atoms with van der Waals surface area (Å²) in [5.74, 6) is 0. The van der Waals surface area contributed by atoms with Crippen LogP contribution in [0.25, 0.3) is 0 Å². The van der Waals surface area contributed by atoms with Crippen molar-refractivity contribution in [3.05, 3.63) is 0 Å². The fourth-order valence-electron chi connectivity index (χ4n) is 2.47. The van der Waals surface area contributed by atoms with Gasteiger partial charge in [-0.1, -0.05) is 0 Å². The zero-order valence-electron chi connectivity index (χ0n) is 11.7. The fourth-order valence-corrected chi connectivity index (χ4v) is 7.60. The molecule has 0 N–H and O–H groups in total. The number of halogens is 1. The van der Waals surface area contributed by atoms with Crippen molar-refractivity contribution in [3.8, 4) is 0 Å². The second kappa shape index (κ2) is 4.90. The van der Waals surface area contributed by atoms with Crippen LogP contribution in [0.4, 0.5) is 0 Å². The van der Waals surface area contributed by atoms with E-state index in [2.05, 4.69) is 60.1 Å². The van der Waals surface area contributed by atoms with Gasteiger partial charge in [0, 0.05) is 13.1 Å². The van der Waals surface area contributed by atoms with E-state index in [0.717, 1.165) is 13.1 Å². The predicted octanol–water partition coefficient (Wildman–Crippen LogP) is 5.01. The van der Waals surface area contributed by atoms with Crippen LogP contribution in [0.5, 0.6) is 0 Å². The van der Waals surface area contributed by atoms with Crippen molar-refractivity contribution in [3.63, 3.8) is 0 Å². The fraction of sp³-hybridized carbons (Fsp3) is 1.00. The summed E-state index contributed by atoms with van der Waals surface area (Å²) < 4.78 is 2.48. The largest absolute Gasteiger partial charge is 0.192 e. The maximum atomic E-state index is 7.09. The molecule has 0 aromatic rings. The highest BCUT2D eigenvalue weighted by Crippen LogP contribution is 2.82. The Balaban J connectivity index is 5.40. The normalized spacial score (nSPS) is 14.8. The van der Waals surface area contributed by atoms with E-state index in [1.165, 1.54) is 0 Å². The van der Waals surface area contributed by atoms with E-state index in [1.54, 1.807) is 0 Å². The predicted molar refractivity (Wildman–Crippen MR) is 75.2 cm³/mol. The molecule has 0 rings (SSSR count). The number of nitrogens with zero attached hydrogens (tertiary/aromatic N) is 1. The Hall–Kier alpha value is 0.680. The zero-order valence-corrected chi connectivity index (χ0v) is 13.3. The van der Waals surface area contributed by atoms with E-state index in [-0.39, 0.29) is 10.3 Å². The monoisotopic (exact) mass is 252 g/mol. The topological polar surface area (TPSA) is 3.24 Å². The molecule has 0 spiro atoms. The van der Waals surface area contributed by atoms with Crippen molar-refractivity contribution in [1.82, 2.24) is 4.67 Å². The van der Waals surface area contributed by atoms with Gasteiger partial charge in [-0.2, -0.15) is 4.67 Å². The third kappa shape index (κ3) is 2.87. The van der Waals surface area contributed by atoms with Gasteiger partial charge in [0.25, 0.3) is 0 Å². The summed E-state index contributed by atoms with van der Waals surface area (Å²) >= 11 is 7.09. The van der Waals surface area contributed by atoms with Gasteiger partial charge in [-0.3, -0.25) is 0 Å². The Bertz CT molecular complexity index is 185. The van der Waals surface area contributed by atoms with Crippen LogP contribution in [0.1, 0.15) is 55.4 Å². The highest BCUT2D eigenvalue weighted by molar-refractivity contribution is 7.99. The van der Waals surface area contributed by atoms with Crippen molar-refractivity contribution in [2.24, 2.45) is 0 Å². The van der Waals surface area contributed by atoms with E-state index in [1.807, 2.05) is 0 Å². The molecule has 0 aliphatic heterocycles. The molecule has 0 saturated carbocycles. The minimum atomic E-state index is -1.64. The van der Waals surface area contributed by atoms with Gasteiger partial charge in [0.15, 0.2) is 6.77 Å². The lowest BCUT2D eigenvalue weighted by Crippen LogP contribution is -2.41. The lowest BCUT2D eigenvalue weighted by molar-refractivity contribution is 0.464. The van der Waals surface area contributed by atoms with E-state index in [0.29, 0.717) is 0 Å². The van der Waals surface area contributed by atoms with Crippen LogP contribution in [-0.4, -0.2) is 28.1 Å². The van der Waals surface area contributed by atoms with Crippen molar-refractivity contribution in [1.29, 1.82) is 0 Å². The minimum absolute atomic E-state index is 0.166. The van der Waals surface area contributed by atoms with E-state index in [9.17, 15) is 0 Å². The molecule has 0 radical (unpaired) electrons. The first-order valence-corrected chi connectivity index (χ1v) is 8.51. The molecular weight excluding hydrogens is 225 g/mol. The maximum absolute atomic E-state index is 7.09. The van der Waals surface area contributed by atoms with Crippen LogP contribution >= 0.6 is 18.0 Å². The number of hydrogen-bond acceptors (Lipinski definition) is 1. The van der Waals surface area contributed by atoms with Crippen molar-refractivity contribution < 1.29 is 0 Å². The standard InChI is InChI=1S/C12H28ClNP/c1-9-14(10-2)15(13,11(3,4)5)12(6,7)8/h9-10H2,1-8H3/q+1. The van der Waals surface area contributed by atoms with Gasteiger partial charge < -0.3 is 0 Å². The average Bonchev–Trinajstić information content (AvgIpc) is 2.02. The second-order valence-corrected chi connectivity index (χ2v) is 11.9. The first-order valence-electron chi connectivity index (χ1n) is 5.86. The van der Waals surface area contributed by atoms with E-state index in [4.69, 9.17) is 11.2 Å². The molecule has 0 aliphatic carbocycles. The lowest BCUT2D eigenvalue weighted by atomic mass is 10.2. The summed E-state index contributed by atoms with van der Waals surface area (Å²) in [7, 11) is 0. The third-order valence-electron chi connectivity index (χ3n) is 2.90. The summed E-state index contributed by atoms with van der Waals surface area (Å²) in [6, 6.07) is 0. The maximum Gasteiger partial charge on any atom is 0.192 e. The van der Waals surface area contributed by atoms with Gasteiger partial charge >= 0.3 is 0 Å². The molecule has 15 heavy (non-hydrogen) atoms. The Morgan fingerprint density at radius 1 is 0.867 bits per heavy atom. The summed E-state index contributed by atoms with van der Waals surface area (Å²) in [6.07, 6.45) is 0. The number of rotatable bonds is 3.